The van der Waals surface area contributed by atoms with Crippen molar-refractivity contribution in [3.63, 3.8) is 0 Å². The number of rotatable bonds is 67. The van der Waals surface area contributed by atoms with Crippen molar-refractivity contribution in [3.8, 4) is 0 Å². The lowest BCUT2D eigenvalue weighted by atomic mass is 10.0. The van der Waals surface area contributed by atoms with E-state index in [1.54, 1.807) is 6.08 Å². The van der Waals surface area contributed by atoms with E-state index in [0.717, 1.165) is 38.5 Å². The summed E-state index contributed by atoms with van der Waals surface area (Å²) in [7, 11) is 0. The molecule has 458 valence electrons. The van der Waals surface area contributed by atoms with Gasteiger partial charge >= 0.3 is 5.97 Å². The van der Waals surface area contributed by atoms with Crippen LogP contribution < -0.4 is 5.32 Å². The van der Waals surface area contributed by atoms with Gasteiger partial charge in [-0.1, -0.05) is 373 Å². The molecule has 2 unspecified atom stereocenters. The lowest BCUT2D eigenvalue weighted by Crippen LogP contribution is -2.45. The molecular weight excluding hydrogens is 947 g/mol. The maximum atomic E-state index is 12.5. The number of esters is 1. The number of carbonyl (C=O) groups is 2. The zero-order valence-electron chi connectivity index (χ0n) is 52.5. The number of nitrogens with one attached hydrogen (secondary N) is 1. The summed E-state index contributed by atoms with van der Waals surface area (Å²) in [5, 5.41) is 23.1. The number of aliphatic hydroxyl groups is 2. The predicted octanol–water partition coefficient (Wildman–Crippen LogP) is 22.8. The van der Waals surface area contributed by atoms with Crippen LogP contribution in [0.4, 0.5) is 0 Å². The standard InChI is InChI=1S/C71H139NO5/c1-3-5-7-9-11-13-15-17-19-20-34-37-41-45-49-53-57-61-65-71(76)77-66-62-58-54-50-46-42-38-35-32-30-28-26-24-22-21-23-25-27-29-31-33-36-40-44-48-52-56-60-64-70(75)72-68(67-73)69(74)63-59-55-51-47-43-39-18-16-14-12-10-8-6-4-2/h59,63,68-69,73-74H,3-58,60-62,64-67H2,1-2H3,(H,72,75)/b63-59+. The summed E-state index contributed by atoms with van der Waals surface area (Å²) >= 11 is 0. The average Bonchev–Trinajstić information content (AvgIpc) is 3.43. The van der Waals surface area contributed by atoms with Crippen molar-refractivity contribution < 1.29 is 24.5 Å². The molecule has 0 aliphatic heterocycles. The Balaban J connectivity index is 3.32. The minimum atomic E-state index is -0.841. The summed E-state index contributed by atoms with van der Waals surface area (Å²) < 4.78 is 5.51. The van der Waals surface area contributed by atoms with Gasteiger partial charge in [-0.15, -0.1) is 0 Å². The third-order valence-corrected chi connectivity index (χ3v) is 16.8. The molecular formula is C71H139NO5. The molecule has 0 aromatic carbocycles. The first-order valence-corrected chi connectivity index (χ1v) is 35.5. The summed E-state index contributed by atoms with van der Waals surface area (Å²) in [6.07, 6.45) is 83.0. The molecule has 0 aliphatic rings. The second kappa shape index (κ2) is 67.1. The molecule has 0 saturated carbocycles. The number of allylic oxidation sites excluding steroid dienone is 1. The molecule has 0 aromatic heterocycles. The van der Waals surface area contributed by atoms with Crippen molar-refractivity contribution in [2.45, 2.75) is 418 Å². The number of aliphatic hydroxyl groups excluding tert-OH is 2. The van der Waals surface area contributed by atoms with E-state index in [1.807, 2.05) is 6.08 Å². The fourth-order valence-corrected chi connectivity index (χ4v) is 11.4. The SMILES string of the molecule is CCCCCCCCCCCCCC/C=C/C(O)C(CO)NC(=O)CCCCCCCCCCCCCCCCCCCCCCCCCCCCCCOC(=O)CCCCCCCCCCCCCCCCCCCC. The molecule has 0 rings (SSSR count). The van der Waals surface area contributed by atoms with Gasteiger partial charge in [0, 0.05) is 12.8 Å². The second-order valence-electron chi connectivity index (χ2n) is 24.6. The third kappa shape index (κ3) is 63.6. The van der Waals surface area contributed by atoms with E-state index in [9.17, 15) is 19.8 Å². The summed E-state index contributed by atoms with van der Waals surface area (Å²) in [5.74, 6) is -0.0385. The number of hydrogen-bond acceptors (Lipinski definition) is 5. The van der Waals surface area contributed by atoms with Crippen LogP contribution in [0.5, 0.6) is 0 Å². The molecule has 77 heavy (non-hydrogen) atoms. The molecule has 0 spiro atoms. The molecule has 0 aromatic rings. The topological polar surface area (TPSA) is 95.9 Å². The maximum Gasteiger partial charge on any atom is 0.305 e. The van der Waals surface area contributed by atoms with Gasteiger partial charge in [0.2, 0.25) is 5.91 Å². The van der Waals surface area contributed by atoms with Gasteiger partial charge in [-0.3, -0.25) is 9.59 Å². The minimum absolute atomic E-state index is 0.0238. The Hall–Kier alpha value is -1.40. The minimum Gasteiger partial charge on any atom is -0.466 e. The summed E-state index contributed by atoms with van der Waals surface area (Å²) in [6, 6.07) is -0.624. The van der Waals surface area contributed by atoms with E-state index in [2.05, 4.69) is 19.2 Å². The fraction of sp³-hybridized carbons (Fsp3) is 0.944. The van der Waals surface area contributed by atoms with E-state index < -0.39 is 12.1 Å². The van der Waals surface area contributed by atoms with E-state index in [0.29, 0.717) is 19.4 Å². The highest BCUT2D eigenvalue weighted by atomic mass is 16.5. The van der Waals surface area contributed by atoms with Crippen molar-refractivity contribution >= 4 is 11.9 Å². The molecule has 0 heterocycles. The van der Waals surface area contributed by atoms with E-state index in [1.165, 1.54) is 340 Å². The van der Waals surface area contributed by atoms with Gasteiger partial charge in [0.1, 0.15) is 0 Å². The van der Waals surface area contributed by atoms with E-state index >= 15 is 0 Å². The largest absolute Gasteiger partial charge is 0.466 e. The first-order valence-electron chi connectivity index (χ1n) is 35.5. The summed E-state index contributed by atoms with van der Waals surface area (Å²) in [6.45, 7) is 4.95. The van der Waals surface area contributed by atoms with Gasteiger partial charge in [-0.05, 0) is 32.1 Å². The molecule has 3 N–H and O–H groups in total. The first kappa shape index (κ1) is 75.6. The van der Waals surface area contributed by atoms with Gasteiger partial charge in [0.25, 0.3) is 0 Å². The lowest BCUT2D eigenvalue weighted by Gasteiger charge is -2.20. The number of ether oxygens (including phenoxy) is 1. The van der Waals surface area contributed by atoms with Gasteiger partial charge in [-0.2, -0.15) is 0 Å². The zero-order chi connectivity index (χ0) is 55.7. The molecule has 1 amide bonds. The molecule has 6 nitrogen and oxygen atoms in total. The van der Waals surface area contributed by atoms with Gasteiger partial charge in [-0.25, -0.2) is 0 Å². The van der Waals surface area contributed by atoms with Gasteiger partial charge in [0.15, 0.2) is 0 Å². The molecule has 2 atom stereocenters. The van der Waals surface area contributed by atoms with Crippen LogP contribution in [0.2, 0.25) is 0 Å². The quantitative estimate of drug-likeness (QED) is 0.0320. The molecule has 0 bridgehead atoms. The Bertz CT molecular complexity index is 1160. The summed E-state index contributed by atoms with van der Waals surface area (Å²) in [4.78, 5) is 24.6. The average molecular weight is 1090 g/mol. The van der Waals surface area contributed by atoms with Crippen LogP contribution in [0, 0.1) is 0 Å². The van der Waals surface area contributed by atoms with Crippen LogP contribution in [0.1, 0.15) is 406 Å². The third-order valence-electron chi connectivity index (χ3n) is 16.8. The smallest absolute Gasteiger partial charge is 0.305 e. The normalized spacial score (nSPS) is 12.5. The van der Waals surface area contributed by atoms with Crippen molar-refractivity contribution in [2.24, 2.45) is 0 Å². The predicted molar refractivity (Wildman–Crippen MR) is 338 cm³/mol. The number of amides is 1. The highest BCUT2D eigenvalue weighted by Crippen LogP contribution is 2.19. The van der Waals surface area contributed by atoms with Gasteiger partial charge in [0.05, 0.1) is 25.4 Å². The Morgan fingerprint density at radius 1 is 0.351 bits per heavy atom. The highest BCUT2D eigenvalue weighted by Gasteiger charge is 2.18. The van der Waals surface area contributed by atoms with E-state index in [4.69, 9.17) is 4.74 Å². The van der Waals surface area contributed by atoms with Crippen LogP contribution in [0.15, 0.2) is 12.2 Å². The fourth-order valence-electron chi connectivity index (χ4n) is 11.4. The molecule has 6 heteroatoms. The van der Waals surface area contributed by atoms with Crippen molar-refractivity contribution in [1.82, 2.24) is 5.32 Å². The summed E-state index contributed by atoms with van der Waals surface area (Å²) in [5.41, 5.74) is 0. The van der Waals surface area contributed by atoms with E-state index in [-0.39, 0.29) is 18.5 Å². The van der Waals surface area contributed by atoms with Gasteiger partial charge < -0.3 is 20.3 Å². The zero-order valence-corrected chi connectivity index (χ0v) is 52.5. The van der Waals surface area contributed by atoms with Crippen molar-refractivity contribution in [1.29, 1.82) is 0 Å². The number of hydrogen-bond donors (Lipinski definition) is 3. The molecule has 0 radical (unpaired) electrons. The van der Waals surface area contributed by atoms with Crippen LogP contribution in [-0.2, 0) is 14.3 Å². The van der Waals surface area contributed by atoms with Crippen LogP contribution >= 0.6 is 0 Å². The molecule has 0 fully saturated rings. The lowest BCUT2D eigenvalue weighted by molar-refractivity contribution is -0.143. The molecule has 0 aliphatic carbocycles. The van der Waals surface area contributed by atoms with Crippen LogP contribution in [0.3, 0.4) is 0 Å². The maximum absolute atomic E-state index is 12.5. The van der Waals surface area contributed by atoms with Crippen molar-refractivity contribution in [3.05, 3.63) is 12.2 Å². The second-order valence-corrected chi connectivity index (χ2v) is 24.6. The Morgan fingerprint density at radius 3 is 0.883 bits per heavy atom. The number of unbranched alkanes of at least 4 members (excludes halogenated alkanes) is 56. The Morgan fingerprint density at radius 2 is 0.597 bits per heavy atom. The molecule has 0 saturated heterocycles. The van der Waals surface area contributed by atoms with Crippen molar-refractivity contribution in [2.75, 3.05) is 13.2 Å². The monoisotopic (exact) mass is 1090 g/mol. The van der Waals surface area contributed by atoms with Crippen LogP contribution in [0.25, 0.3) is 0 Å². The Kier molecular flexibility index (Phi) is 65.9. The Labute approximate surface area is 482 Å². The highest BCUT2D eigenvalue weighted by molar-refractivity contribution is 5.76. The number of carbonyl (C=O) groups excluding carboxylic acids is 2. The van der Waals surface area contributed by atoms with Crippen LogP contribution in [-0.4, -0.2) is 47.4 Å². The first-order chi connectivity index (χ1) is 38.0.